The molecule has 0 atom stereocenters. The summed E-state index contributed by atoms with van der Waals surface area (Å²) in [6, 6.07) is 9.35. The zero-order chi connectivity index (χ0) is 16.9. The summed E-state index contributed by atoms with van der Waals surface area (Å²) < 4.78 is 5.51. The number of nitrogens with one attached hydrogen (secondary N) is 1. The molecule has 7 nitrogen and oxygen atoms in total. The second kappa shape index (κ2) is 7.04. The highest BCUT2D eigenvalue weighted by Gasteiger charge is 2.27. The lowest BCUT2D eigenvalue weighted by atomic mass is 9.94. The number of hydrogen-bond acceptors (Lipinski definition) is 5. The first-order valence-electron chi connectivity index (χ1n) is 7.26. The fourth-order valence-corrected chi connectivity index (χ4v) is 1.76. The van der Waals surface area contributed by atoms with Gasteiger partial charge in [0.05, 0.1) is 5.41 Å². The van der Waals surface area contributed by atoms with Crippen molar-refractivity contribution in [3.05, 3.63) is 36.2 Å². The zero-order valence-corrected chi connectivity index (χ0v) is 13.1. The third kappa shape index (κ3) is 4.64. The van der Waals surface area contributed by atoms with Crippen molar-refractivity contribution in [1.82, 2.24) is 15.5 Å². The lowest BCUT2D eigenvalue weighted by Gasteiger charge is -2.19. The van der Waals surface area contributed by atoms with E-state index in [1.54, 1.807) is 13.8 Å². The molecule has 0 aliphatic rings. The summed E-state index contributed by atoms with van der Waals surface area (Å²) in [6.45, 7) is 3.18. The van der Waals surface area contributed by atoms with E-state index >= 15 is 0 Å². The first-order chi connectivity index (χ1) is 10.9. The molecule has 0 bridgehead atoms. The average molecular weight is 317 g/mol. The first-order valence-corrected chi connectivity index (χ1v) is 7.26. The average Bonchev–Trinajstić information content (AvgIpc) is 3.01. The van der Waals surface area contributed by atoms with Crippen LogP contribution in [0, 0.1) is 5.41 Å². The summed E-state index contributed by atoms with van der Waals surface area (Å²) in [6.07, 6.45) is 0.464. The van der Waals surface area contributed by atoms with Crippen LogP contribution in [0.1, 0.15) is 26.2 Å². The third-order valence-corrected chi connectivity index (χ3v) is 3.36. The van der Waals surface area contributed by atoms with Crippen LogP contribution in [0.3, 0.4) is 0 Å². The SMILES string of the molecule is CC(C)(CNC(=O)CCc1nnc(-c2ccccc2)o1)C(=O)O. The third-order valence-electron chi connectivity index (χ3n) is 3.36. The molecular formula is C16H19N3O4. The quantitative estimate of drug-likeness (QED) is 0.808. The predicted octanol–water partition coefficient (Wildman–Crippen LogP) is 1.90. The molecule has 2 N–H and O–H groups in total. The summed E-state index contributed by atoms with van der Waals surface area (Å²) in [5.41, 5.74) is -0.181. The molecule has 2 rings (SSSR count). The van der Waals surface area contributed by atoms with Crippen molar-refractivity contribution in [3.8, 4) is 11.5 Å². The number of carboxylic acids is 1. The van der Waals surface area contributed by atoms with Gasteiger partial charge >= 0.3 is 5.97 Å². The molecule has 0 unspecified atom stereocenters. The number of benzene rings is 1. The minimum atomic E-state index is -0.999. The fraction of sp³-hybridized carbons (Fsp3) is 0.375. The molecule has 1 amide bonds. The Morgan fingerprint density at radius 3 is 2.57 bits per heavy atom. The van der Waals surface area contributed by atoms with Crippen molar-refractivity contribution >= 4 is 11.9 Å². The molecule has 122 valence electrons. The second-order valence-electron chi connectivity index (χ2n) is 5.83. The van der Waals surface area contributed by atoms with E-state index in [9.17, 15) is 9.59 Å². The van der Waals surface area contributed by atoms with Gasteiger partial charge in [-0.25, -0.2) is 0 Å². The maximum Gasteiger partial charge on any atom is 0.310 e. The van der Waals surface area contributed by atoms with Crippen LogP contribution >= 0.6 is 0 Å². The van der Waals surface area contributed by atoms with E-state index in [4.69, 9.17) is 9.52 Å². The van der Waals surface area contributed by atoms with Crippen LogP contribution in [0.25, 0.3) is 11.5 Å². The molecule has 23 heavy (non-hydrogen) atoms. The van der Waals surface area contributed by atoms with Crippen LogP contribution in [0.15, 0.2) is 34.7 Å². The van der Waals surface area contributed by atoms with E-state index < -0.39 is 11.4 Å². The van der Waals surface area contributed by atoms with Crippen LogP contribution in [0.5, 0.6) is 0 Å². The maximum absolute atomic E-state index is 11.8. The van der Waals surface area contributed by atoms with Crippen molar-refractivity contribution in [2.45, 2.75) is 26.7 Å². The highest BCUT2D eigenvalue weighted by atomic mass is 16.4. The van der Waals surface area contributed by atoms with Crippen molar-refractivity contribution in [3.63, 3.8) is 0 Å². The number of carbonyl (C=O) groups is 2. The number of carbonyl (C=O) groups excluding carboxylic acids is 1. The second-order valence-corrected chi connectivity index (χ2v) is 5.83. The van der Waals surface area contributed by atoms with Crippen LogP contribution < -0.4 is 5.32 Å². The zero-order valence-electron chi connectivity index (χ0n) is 13.1. The minimum Gasteiger partial charge on any atom is -0.481 e. The van der Waals surface area contributed by atoms with Gasteiger partial charge in [0.1, 0.15) is 0 Å². The molecule has 0 aliphatic carbocycles. The molecular weight excluding hydrogens is 298 g/mol. The van der Waals surface area contributed by atoms with Crippen LogP contribution in [-0.4, -0.2) is 33.7 Å². The highest BCUT2D eigenvalue weighted by Crippen LogP contribution is 2.17. The lowest BCUT2D eigenvalue weighted by Crippen LogP contribution is -2.38. The first kappa shape index (κ1) is 16.7. The van der Waals surface area contributed by atoms with Gasteiger partial charge in [-0.1, -0.05) is 18.2 Å². The molecule has 0 fully saturated rings. The van der Waals surface area contributed by atoms with E-state index in [0.717, 1.165) is 5.56 Å². The summed E-state index contributed by atoms with van der Waals surface area (Å²) in [5, 5.41) is 19.4. The molecule has 0 saturated heterocycles. The van der Waals surface area contributed by atoms with E-state index in [2.05, 4.69) is 15.5 Å². The van der Waals surface area contributed by atoms with Crippen LogP contribution in [0.2, 0.25) is 0 Å². The molecule has 0 spiro atoms. The standard InChI is InChI=1S/C16H19N3O4/c1-16(2,15(21)22)10-17-12(20)8-9-13-18-19-14(23-13)11-6-4-3-5-7-11/h3-7H,8-10H2,1-2H3,(H,17,20)(H,21,22). The topological polar surface area (TPSA) is 105 Å². The summed E-state index contributed by atoms with van der Waals surface area (Å²) in [7, 11) is 0. The molecule has 1 aromatic carbocycles. The van der Waals surface area contributed by atoms with Crippen molar-refractivity contribution in [2.24, 2.45) is 5.41 Å². The molecule has 1 heterocycles. The lowest BCUT2D eigenvalue weighted by molar-refractivity contribution is -0.146. The summed E-state index contributed by atoms with van der Waals surface area (Å²) in [5.74, 6) is -0.425. The Morgan fingerprint density at radius 1 is 1.22 bits per heavy atom. The van der Waals surface area contributed by atoms with Crippen molar-refractivity contribution in [2.75, 3.05) is 6.54 Å². The number of hydrogen-bond donors (Lipinski definition) is 2. The highest BCUT2D eigenvalue weighted by molar-refractivity contribution is 5.78. The Morgan fingerprint density at radius 2 is 1.91 bits per heavy atom. The van der Waals surface area contributed by atoms with E-state index in [-0.39, 0.29) is 18.9 Å². The predicted molar refractivity (Wildman–Crippen MR) is 82.5 cm³/mol. The van der Waals surface area contributed by atoms with Gasteiger partial charge in [-0.3, -0.25) is 9.59 Å². The van der Waals surface area contributed by atoms with Crippen LogP contribution in [-0.2, 0) is 16.0 Å². The maximum atomic E-state index is 11.8. The van der Waals surface area contributed by atoms with Gasteiger partial charge in [-0.15, -0.1) is 10.2 Å². The number of aliphatic carboxylic acids is 1. The van der Waals surface area contributed by atoms with Gasteiger partial charge < -0.3 is 14.8 Å². The Hall–Kier alpha value is -2.70. The normalized spacial score (nSPS) is 11.2. The number of carboxylic acid groups (broad SMARTS) is 1. The summed E-state index contributed by atoms with van der Waals surface area (Å²) >= 11 is 0. The summed E-state index contributed by atoms with van der Waals surface area (Å²) in [4.78, 5) is 22.7. The van der Waals surface area contributed by atoms with Gasteiger partial charge in [-0.2, -0.15) is 0 Å². The Kier molecular flexibility index (Phi) is 5.10. The minimum absolute atomic E-state index is 0.0697. The Bertz CT molecular complexity index is 680. The Balaban J connectivity index is 1.84. The van der Waals surface area contributed by atoms with Gasteiger partial charge in [-0.05, 0) is 26.0 Å². The molecule has 0 saturated carbocycles. The number of aryl methyl sites for hydroxylation is 1. The molecule has 0 radical (unpaired) electrons. The Labute approximate surface area is 133 Å². The van der Waals surface area contributed by atoms with Gasteiger partial charge in [0.2, 0.25) is 17.7 Å². The number of rotatable bonds is 7. The van der Waals surface area contributed by atoms with Gasteiger partial charge in [0.25, 0.3) is 0 Å². The molecule has 7 heteroatoms. The number of amides is 1. The molecule has 1 aromatic heterocycles. The molecule has 2 aromatic rings. The van der Waals surface area contributed by atoms with Gasteiger partial charge in [0, 0.05) is 24.9 Å². The van der Waals surface area contributed by atoms with Gasteiger partial charge in [0.15, 0.2) is 0 Å². The van der Waals surface area contributed by atoms with E-state index in [1.165, 1.54) is 0 Å². The largest absolute Gasteiger partial charge is 0.481 e. The molecule has 0 aliphatic heterocycles. The fourth-order valence-electron chi connectivity index (χ4n) is 1.76. The number of aromatic nitrogens is 2. The van der Waals surface area contributed by atoms with E-state index in [0.29, 0.717) is 18.2 Å². The van der Waals surface area contributed by atoms with Crippen LogP contribution in [0.4, 0.5) is 0 Å². The van der Waals surface area contributed by atoms with Crippen molar-refractivity contribution < 1.29 is 19.1 Å². The smallest absolute Gasteiger partial charge is 0.310 e. The number of nitrogens with zero attached hydrogens (tertiary/aromatic N) is 2. The monoisotopic (exact) mass is 317 g/mol. The van der Waals surface area contributed by atoms with E-state index in [1.807, 2.05) is 30.3 Å². The van der Waals surface area contributed by atoms with Crippen molar-refractivity contribution in [1.29, 1.82) is 0 Å².